The van der Waals surface area contributed by atoms with Gasteiger partial charge in [-0.1, -0.05) is 18.2 Å². The van der Waals surface area contributed by atoms with Gasteiger partial charge in [-0.25, -0.2) is 0 Å². The van der Waals surface area contributed by atoms with Crippen molar-refractivity contribution >= 4 is 15.0 Å². The van der Waals surface area contributed by atoms with E-state index in [0.717, 1.165) is 25.1 Å². The van der Waals surface area contributed by atoms with E-state index in [1.165, 1.54) is 0 Å². The summed E-state index contributed by atoms with van der Waals surface area (Å²) >= 11 is 0. The molecule has 0 aliphatic rings. The second kappa shape index (κ2) is 7.45. The third-order valence-corrected chi connectivity index (χ3v) is 3.90. The fraction of sp³-hybridized carbons (Fsp3) is 0.455. The third-order valence-electron chi connectivity index (χ3n) is 1.95. The molecular weight excluding hydrogens is 206 g/mol. The quantitative estimate of drug-likeness (QED) is 0.719. The Hall–Kier alpha value is -0.843. The zero-order valence-electron chi connectivity index (χ0n) is 9.40. The van der Waals surface area contributed by atoms with Crippen LogP contribution in [0.15, 0.2) is 30.3 Å². The highest BCUT2D eigenvalue weighted by molar-refractivity contribution is 6.45. The first kappa shape index (κ1) is 12.2. The number of hydrogen-bond acceptors (Lipinski definition) is 3. The second-order valence-electron chi connectivity index (χ2n) is 3.09. The van der Waals surface area contributed by atoms with E-state index >= 15 is 0 Å². The second-order valence-corrected chi connectivity index (χ2v) is 5.02. The van der Waals surface area contributed by atoms with Gasteiger partial charge >= 0.3 is 9.28 Å². The van der Waals surface area contributed by atoms with E-state index in [9.17, 15) is 0 Å². The molecule has 0 aliphatic carbocycles. The number of rotatable bonds is 7. The predicted molar refractivity (Wildman–Crippen MR) is 65.3 cm³/mol. The lowest BCUT2D eigenvalue weighted by molar-refractivity contribution is 0.216. The Bertz CT molecular complexity index is 250. The number of para-hydroxylation sites is 1. The van der Waals surface area contributed by atoms with Gasteiger partial charge in [0.25, 0.3) is 0 Å². The van der Waals surface area contributed by atoms with Gasteiger partial charge in [-0.3, -0.25) is 0 Å². The van der Waals surface area contributed by atoms with Crippen LogP contribution in [0.2, 0.25) is 0 Å². The Morgan fingerprint density at radius 3 is 2.20 bits per heavy atom. The Balaban J connectivity index is 2.33. The minimum atomic E-state index is -1.51. The summed E-state index contributed by atoms with van der Waals surface area (Å²) in [6, 6.07) is 10.1. The highest BCUT2D eigenvalue weighted by atomic mass is 28.3. The molecule has 0 saturated heterocycles. The molecule has 0 amide bonds. The first-order chi connectivity index (χ1) is 7.36. The van der Waals surface area contributed by atoms with Crippen molar-refractivity contribution in [2.24, 2.45) is 0 Å². The van der Waals surface area contributed by atoms with Crippen molar-refractivity contribution in [1.29, 1.82) is 0 Å². The van der Waals surface area contributed by atoms with Gasteiger partial charge < -0.3 is 14.2 Å². The van der Waals surface area contributed by atoms with Crippen LogP contribution in [0, 0.1) is 0 Å². The van der Waals surface area contributed by atoms with E-state index in [4.69, 9.17) is 8.85 Å². The van der Waals surface area contributed by atoms with Gasteiger partial charge in [0, 0.05) is 18.9 Å². The van der Waals surface area contributed by atoms with Crippen LogP contribution < -0.4 is 5.32 Å². The summed E-state index contributed by atoms with van der Waals surface area (Å²) in [5.41, 5.74) is 1.12. The molecule has 0 fully saturated rings. The highest BCUT2D eigenvalue weighted by Gasteiger charge is 2.10. The Morgan fingerprint density at radius 2 is 1.67 bits per heavy atom. The molecule has 0 unspecified atom stereocenters. The van der Waals surface area contributed by atoms with Gasteiger partial charge in [0.15, 0.2) is 0 Å². The minimum absolute atomic E-state index is 0.730. The fourth-order valence-corrected chi connectivity index (χ4v) is 2.77. The van der Waals surface area contributed by atoms with Crippen LogP contribution >= 0.6 is 0 Å². The monoisotopic (exact) mass is 225 g/mol. The average Bonchev–Trinajstić information content (AvgIpc) is 2.28. The van der Waals surface area contributed by atoms with E-state index in [1.54, 1.807) is 0 Å². The molecule has 0 spiro atoms. The SMILES string of the molecule is CCO[SiH](CNc1ccccc1)OCC. The summed E-state index contributed by atoms with van der Waals surface area (Å²) in [6.45, 7) is 5.46. The summed E-state index contributed by atoms with van der Waals surface area (Å²) in [5, 5.41) is 3.33. The van der Waals surface area contributed by atoms with Crippen LogP contribution in [0.1, 0.15) is 13.8 Å². The maximum atomic E-state index is 5.56. The Kier molecular flexibility index (Phi) is 6.07. The molecule has 0 aliphatic heterocycles. The topological polar surface area (TPSA) is 30.5 Å². The molecule has 1 N–H and O–H groups in total. The molecule has 0 aromatic heterocycles. The molecule has 1 rings (SSSR count). The van der Waals surface area contributed by atoms with Crippen molar-refractivity contribution in [3.05, 3.63) is 30.3 Å². The van der Waals surface area contributed by atoms with Crippen molar-refractivity contribution in [2.45, 2.75) is 13.8 Å². The summed E-state index contributed by atoms with van der Waals surface area (Å²) in [4.78, 5) is 0. The molecule has 0 bridgehead atoms. The smallest absolute Gasteiger partial charge is 0.341 e. The van der Waals surface area contributed by atoms with E-state index in [2.05, 4.69) is 5.32 Å². The number of benzene rings is 1. The molecule has 1 aromatic rings. The molecule has 0 atom stereocenters. The van der Waals surface area contributed by atoms with Crippen molar-refractivity contribution in [1.82, 2.24) is 0 Å². The van der Waals surface area contributed by atoms with Gasteiger partial charge in [-0.2, -0.15) is 0 Å². The fourth-order valence-electron chi connectivity index (χ4n) is 1.29. The largest absolute Gasteiger partial charge is 0.396 e. The van der Waals surface area contributed by atoms with Crippen LogP contribution in [-0.4, -0.2) is 28.7 Å². The zero-order chi connectivity index (χ0) is 10.9. The molecule has 0 heterocycles. The zero-order valence-corrected chi connectivity index (χ0v) is 10.6. The molecule has 0 saturated carbocycles. The summed E-state index contributed by atoms with van der Waals surface area (Å²) in [6.07, 6.45) is 0.811. The maximum Gasteiger partial charge on any atom is 0.341 e. The average molecular weight is 225 g/mol. The van der Waals surface area contributed by atoms with Crippen LogP contribution in [-0.2, 0) is 8.85 Å². The van der Waals surface area contributed by atoms with Gasteiger partial charge in [-0.05, 0) is 26.0 Å². The van der Waals surface area contributed by atoms with Crippen molar-refractivity contribution in [3.8, 4) is 0 Å². The molecule has 1 aromatic carbocycles. The summed E-state index contributed by atoms with van der Waals surface area (Å²) < 4.78 is 11.1. The molecular formula is C11H19NO2Si. The van der Waals surface area contributed by atoms with Crippen LogP contribution in [0.5, 0.6) is 0 Å². The molecule has 0 radical (unpaired) electrons. The molecule has 3 nitrogen and oxygen atoms in total. The number of anilines is 1. The van der Waals surface area contributed by atoms with Gasteiger partial charge in [0.1, 0.15) is 0 Å². The van der Waals surface area contributed by atoms with Crippen LogP contribution in [0.25, 0.3) is 0 Å². The number of hydrogen-bond donors (Lipinski definition) is 1. The van der Waals surface area contributed by atoms with Crippen LogP contribution in [0.4, 0.5) is 5.69 Å². The third kappa shape index (κ3) is 4.97. The molecule has 4 heteroatoms. The Morgan fingerprint density at radius 1 is 1.07 bits per heavy atom. The van der Waals surface area contributed by atoms with Gasteiger partial charge in [-0.15, -0.1) is 0 Å². The highest BCUT2D eigenvalue weighted by Crippen LogP contribution is 2.04. The summed E-state index contributed by atoms with van der Waals surface area (Å²) in [7, 11) is -1.51. The first-order valence-corrected chi connectivity index (χ1v) is 7.14. The standard InChI is InChI=1S/C11H19NO2Si/c1-3-13-15(14-4-2)10-12-11-8-6-5-7-9-11/h5-9,12,15H,3-4,10H2,1-2H3. The van der Waals surface area contributed by atoms with Crippen LogP contribution in [0.3, 0.4) is 0 Å². The molecule has 84 valence electrons. The number of nitrogens with one attached hydrogen (secondary N) is 1. The predicted octanol–water partition coefficient (Wildman–Crippen LogP) is 1.93. The lowest BCUT2D eigenvalue weighted by atomic mass is 10.3. The van der Waals surface area contributed by atoms with E-state index in [0.29, 0.717) is 0 Å². The first-order valence-electron chi connectivity index (χ1n) is 5.39. The van der Waals surface area contributed by atoms with Crippen molar-refractivity contribution in [3.63, 3.8) is 0 Å². The van der Waals surface area contributed by atoms with E-state index in [1.807, 2.05) is 44.2 Å². The van der Waals surface area contributed by atoms with E-state index < -0.39 is 9.28 Å². The minimum Gasteiger partial charge on any atom is -0.396 e. The van der Waals surface area contributed by atoms with Gasteiger partial charge in [0.2, 0.25) is 0 Å². The normalized spacial score (nSPS) is 10.6. The lowest BCUT2D eigenvalue weighted by Crippen LogP contribution is -2.32. The van der Waals surface area contributed by atoms with Gasteiger partial charge in [0.05, 0.1) is 6.17 Å². The maximum absolute atomic E-state index is 5.56. The van der Waals surface area contributed by atoms with Crippen molar-refractivity contribution in [2.75, 3.05) is 24.7 Å². The van der Waals surface area contributed by atoms with Crippen molar-refractivity contribution < 1.29 is 8.85 Å². The Labute approximate surface area is 93.3 Å². The summed E-state index contributed by atoms with van der Waals surface area (Å²) in [5.74, 6) is 0. The molecule has 15 heavy (non-hydrogen) atoms. The lowest BCUT2D eigenvalue weighted by Gasteiger charge is -2.15. The van der Waals surface area contributed by atoms with E-state index in [-0.39, 0.29) is 0 Å².